The summed E-state index contributed by atoms with van der Waals surface area (Å²) < 4.78 is 38.6. The molecule has 1 saturated heterocycles. The van der Waals surface area contributed by atoms with Gasteiger partial charge in [0.05, 0.1) is 11.7 Å². The first kappa shape index (κ1) is 18.7. The third-order valence-electron chi connectivity index (χ3n) is 4.17. The standard InChI is InChI=1S/C16H22F3N3O2/c1-11-4-7-22(8-5-11)10-12(23)9-21-15(24)14-13(16(17,18)19)3-2-6-20-14/h2-3,6,11-12,23H,4-5,7-10H2,1H3,(H,21,24). The molecule has 1 aliphatic rings. The Morgan fingerprint density at radius 2 is 2.12 bits per heavy atom. The molecule has 0 bridgehead atoms. The lowest BCUT2D eigenvalue weighted by atomic mass is 9.99. The fraction of sp³-hybridized carbons (Fsp3) is 0.625. The van der Waals surface area contributed by atoms with E-state index in [0.717, 1.165) is 44.3 Å². The van der Waals surface area contributed by atoms with E-state index in [1.54, 1.807) is 0 Å². The topological polar surface area (TPSA) is 65.5 Å². The summed E-state index contributed by atoms with van der Waals surface area (Å²) >= 11 is 0. The van der Waals surface area contributed by atoms with E-state index in [4.69, 9.17) is 0 Å². The number of piperidine rings is 1. The van der Waals surface area contributed by atoms with Gasteiger partial charge in [0, 0.05) is 19.3 Å². The minimum absolute atomic E-state index is 0.112. The van der Waals surface area contributed by atoms with Crippen LogP contribution in [0.25, 0.3) is 0 Å². The van der Waals surface area contributed by atoms with Crippen molar-refractivity contribution in [1.29, 1.82) is 0 Å². The molecule has 0 aromatic carbocycles. The minimum atomic E-state index is -4.65. The number of rotatable bonds is 5. The molecule has 2 N–H and O–H groups in total. The molecular weight excluding hydrogens is 323 g/mol. The van der Waals surface area contributed by atoms with Gasteiger partial charge in [0.1, 0.15) is 5.69 Å². The van der Waals surface area contributed by atoms with Crippen LogP contribution in [0.4, 0.5) is 13.2 Å². The van der Waals surface area contributed by atoms with E-state index in [1.165, 1.54) is 0 Å². The van der Waals surface area contributed by atoms with Crippen molar-refractivity contribution in [2.24, 2.45) is 5.92 Å². The van der Waals surface area contributed by atoms with Gasteiger partial charge < -0.3 is 15.3 Å². The first-order valence-corrected chi connectivity index (χ1v) is 7.98. The highest BCUT2D eigenvalue weighted by Gasteiger charge is 2.36. The lowest BCUT2D eigenvalue weighted by Crippen LogP contribution is -2.43. The fourth-order valence-electron chi connectivity index (χ4n) is 2.72. The highest BCUT2D eigenvalue weighted by Crippen LogP contribution is 2.30. The first-order chi connectivity index (χ1) is 11.3. The van der Waals surface area contributed by atoms with Gasteiger partial charge in [-0.25, -0.2) is 0 Å². The average Bonchev–Trinajstić information content (AvgIpc) is 2.54. The number of nitrogens with zero attached hydrogens (tertiary/aromatic N) is 2. The summed E-state index contributed by atoms with van der Waals surface area (Å²) in [5.74, 6) is -0.266. The van der Waals surface area contributed by atoms with Crippen molar-refractivity contribution in [2.45, 2.75) is 32.0 Å². The summed E-state index contributed by atoms with van der Waals surface area (Å²) in [4.78, 5) is 17.6. The summed E-state index contributed by atoms with van der Waals surface area (Å²) in [6, 6.07) is 1.94. The summed E-state index contributed by atoms with van der Waals surface area (Å²) in [6.45, 7) is 4.22. The molecule has 5 nitrogen and oxygen atoms in total. The predicted molar refractivity (Wildman–Crippen MR) is 82.4 cm³/mol. The van der Waals surface area contributed by atoms with E-state index >= 15 is 0 Å². The maximum Gasteiger partial charge on any atom is 0.418 e. The van der Waals surface area contributed by atoms with Crippen molar-refractivity contribution in [3.8, 4) is 0 Å². The molecule has 1 aromatic rings. The number of aliphatic hydroxyl groups excluding tert-OH is 1. The van der Waals surface area contributed by atoms with Gasteiger partial charge in [0.15, 0.2) is 0 Å². The van der Waals surface area contributed by atoms with Gasteiger partial charge in [-0.2, -0.15) is 13.2 Å². The molecule has 8 heteroatoms. The average molecular weight is 345 g/mol. The molecule has 1 atom stereocenters. The number of hydrogen-bond acceptors (Lipinski definition) is 4. The van der Waals surface area contributed by atoms with Crippen LogP contribution in [0.3, 0.4) is 0 Å². The number of amides is 1. The Kier molecular flexibility index (Phi) is 6.17. The maximum atomic E-state index is 12.9. The van der Waals surface area contributed by atoms with Crippen LogP contribution in [0.5, 0.6) is 0 Å². The van der Waals surface area contributed by atoms with Crippen LogP contribution < -0.4 is 5.32 Å². The third kappa shape index (κ3) is 5.17. The number of nitrogens with one attached hydrogen (secondary N) is 1. The number of alkyl halides is 3. The van der Waals surface area contributed by atoms with Crippen molar-refractivity contribution in [1.82, 2.24) is 15.2 Å². The number of carbonyl (C=O) groups excluding carboxylic acids is 1. The van der Waals surface area contributed by atoms with Crippen molar-refractivity contribution in [3.63, 3.8) is 0 Å². The van der Waals surface area contributed by atoms with Gasteiger partial charge in [0.25, 0.3) is 5.91 Å². The van der Waals surface area contributed by atoms with E-state index in [2.05, 4.69) is 22.1 Å². The quantitative estimate of drug-likeness (QED) is 0.856. The van der Waals surface area contributed by atoms with Crippen LogP contribution in [0.1, 0.15) is 35.8 Å². The molecule has 1 unspecified atom stereocenters. The molecular formula is C16H22F3N3O2. The van der Waals surface area contributed by atoms with Crippen LogP contribution >= 0.6 is 0 Å². The number of aliphatic hydroxyl groups is 1. The number of pyridine rings is 1. The van der Waals surface area contributed by atoms with E-state index in [0.29, 0.717) is 12.5 Å². The highest BCUT2D eigenvalue weighted by molar-refractivity contribution is 5.93. The van der Waals surface area contributed by atoms with Gasteiger partial charge in [-0.1, -0.05) is 6.92 Å². The summed E-state index contributed by atoms with van der Waals surface area (Å²) in [5, 5.41) is 12.3. The van der Waals surface area contributed by atoms with E-state index in [1.807, 2.05) is 0 Å². The molecule has 1 amide bonds. The fourth-order valence-corrected chi connectivity index (χ4v) is 2.72. The second-order valence-electron chi connectivity index (χ2n) is 6.24. The number of β-amino-alcohol motifs (C(OH)–C–C–N with tert-alkyl or cyclic N) is 1. The second-order valence-corrected chi connectivity index (χ2v) is 6.24. The van der Waals surface area contributed by atoms with Gasteiger partial charge in [-0.15, -0.1) is 0 Å². The van der Waals surface area contributed by atoms with E-state index in [-0.39, 0.29) is 6.54 Å². The van der Waals surface area contributed by atoms with Crippen molar-refractivity contribution < 1.29 is 23.1 Å². The molecule has 1 aromatic heterocycles. The number of likely N-dealkylation sites (tertiary alicyclic amines) is 1. The number of hydrogen-bond donors (Lipinski definition) is 2. The molecule has 1 aliphatic heterocycles. The first-order valence-electron chi connectivity index (χ1n) is 7.98. The Morgan fingerprint density at radius 1 is 1.46 bits per heavy atom. The predicted octanol–water partition coefficient (Wildman–Crippen LogP) is 1.92. The van der Waals surface area contributed by atoms with Crippen molar-refractivity contribution in [3.05, 3.63) is 29.6 Å². The van der Waals surface area contributed by atoms with Crippen LogP contribution in [0.15, 0.2) is 18.3 Å². The van der Waals surface area contributed by atoms with E-state index in [9.17, 15) is 23.1 Å². The number of carbonyl (C=O) groups is 1. The van der Waals surface area contributed by atoms with Crippen LogP contribution in [0, 0.1) is 5.92 Å². The Balaban J connectivity index is 1.87. The lowest BCUT2D eigenvalue weighted by Gasteiger charge is -2.31. The van der Waals surface area contributed by atoms with Gasteiger partial charge in [0.2, 0.25) is 0 Å². The molecule has 0 aliphatic carbocycles. The molecule has 134 valence electrons. The third-order valence-corrected chi connectivity index (χ3v) is 4.17. The molecule has 0 spiro atoms. The number of halogens is 3. The zero-order valence-electron chi connectivity index (χ0n) is 13.5. The highest BCUT2D eigenvalue weighted by atomic mass is 19.4. The molecule has 0 radical (unpaired) electrons. The molecule has 2 heterocycles. The monoisotopic (exact) mass is 345 g/mol. The van der Waals surface area contributed by atoms with Gasteiger partial charge in [-0.3, -0.25) is 9.78 Å². The van der Waals surface area contributed by atoms with E-state index < -0.39 is 29.4 Å². The Hall–Kier alpha value is -1.67. The molecule has 1 fully saturated rings. The lowest BCUT2D eigenvalue weighted by molar-refractivity contribution is -0.138. The summed E-state index contributed by atoms with van der Waals surface area (Å²) in [7, 11) is 0. The zero-order valence-corrected chi connectivity index (χ0v) is 13.5. The van der Waals surface area contributed by atoms with Crippen LogP contribution in [0.2, 0.25) is 0 Å². The molecule has 24 heavy (non-hydrogen) atoms. The largest absolute Gasteiger partial charge is 0.418 e. The van der Waals surface area contributed by atoms with Gasteiger partial charge in [-0.05, 0) is 44.0 Å². The van der Waals surface area contributed by atoms with Gasteiger partial charge >= 0.3 is 6.18 Å². The summed E-state index contributed by atoms with van der Waals surface area (Å²) in [6.07, 6.45) is -2.23. The second kappa shape index (κ2) is 7.94. The number of aromatic nitrogens is 1. The Morgan fingerprint density at radius 3 is 2.75 bits per heavy atom. The SMILES string of the molecule is CC1CCN(CC(O)CNC(=O)c2ncccc2C(F)(F)F)CC1. The summed E-state index contributed by atoms with van der Waals surface area (Å²) in [5.41, 5.74) is -1.76. The molecule has 2 rings (SSSR count). The normalized spacial score (nSPS) is 18.4. The van der Waals surface area contributed by atoms with Crippen LogP contribution in [-0.2, 0) is 6.18 Å². The Labute approximate surface area is 138 Å². The van der Waals surface area contributed by atoms with Crippen molar-refractivity contribution in [2.75, 3.05) is 26.2 Å². The maximum absolute atomic E-state index is 12.9. The van der Waals surface area contributed by atoms with Crippen molar-refractivity contribution >= 4 is 5.91 Å². The minimum Gasteiger partial charge on any atom is -0.390 e. The van der Waals surface area contributed by atoms with Crippen LogP contribution in [-0.4, -0.2) is 53.2 Å². The smallest absolute Gasteiger partial charge is 0.390 e. The zero-order chi connectivity index (χ0) is 17.7. The molecule has 0 saturated carbocycles. The Bertz CT molecular complexity index is 558.